The number of carbonyl (C=O) groups is 1. The minimum atomic E-state index is -0.664. The largest absolute Gasteiger partial charge is 0.487 e. The van der Waals surface area contributed by atoms with Gasteiger partial charge in [-0.3, -0.25) is 10.2 Å². The highest BCUT2D eigenvalue weighted by Gasteiger charge is 2.10. The fourth-order valence-electron chi connectivity index (χ4n) is 3.04. The first kappa shape index (κ1) is 21.1. The first-order chi connectivity index (χ1) is 14.5. The molecule has 0 heterocycles. The van der Waals surface area contributed by atoms with Gasteiger partial charge in [0.25, 0.3) is 5.91 Å². The Morgan fingerprint density at radius 1 is 1.17 bits per heavy atom. The van der Waals surface area contributed by atoms with Gasteiger partial charge in [-0.05, 0) is 52.9 Å². The Bertz CT molecular complexity index is 1130. The van der Waals surface area contributed by atoms with Crippen LogP contribution >= 0.6 is 11.6 Å². The normalized spacial score (nSPS) is 10.9. The average molecular weight is 418 g/mol. The van der Waals surface area contributed by atoms with Crippen LogP contribution in [0.2, 0.25) is 5.02 Å². The molecule has 3 N–H and O–H groups in total. The van der Waals surface area contributed by atoms with E-state index in [0.29, 0.717) is 22.9 Å². The second-order valence-corrected chi connectivity index (χ2v) is 6.98. The van der Waals surface area contributed by atoms with Gasteiger partial charge in [0, 0.05) is 0 Å². The number of nitrogens with one attached hydrogen (secondary N) is 1. The second kappa shape index (κ2) is 9.75. The summed E-state index contributed by atoms with van der Waals surface area (Å²) >= 11 is 6.34. The van der Waals surface area contributed by atoms with Crippen LogP contribution in [-0.4, -0.2) is 5.91 Å². The van der Waals surface area contributed by atoms with Gasteiger partial charge in [0.2, 0.25) is 0 Å². The van der Waals surface area contributed by atoms with E-state index in [1.807, 2.05) is 35.8 Å². The van der Waals surface area contributed by atoms with E-state index < -0.39 is 5.91 Å². The lowest BCUT2D eigenvalue weighted by Gasteiger charge is -2.14. The minimum Gasteiger partial charge on any atom is -0.487 e. The van der Waals surface area contributed by atoms with Crippen molar-refractivity contribution in [1.82, 2.24) is 5.43 Å². The molecule has 3 aromatic rings. The number of hydrogen-bond donors (Lipinski definition) is 2. The molecule has 0 aromatic heterocycles. The maximum atomic E-state index is 11.5. The molecule has 0 aliphatic carbocycles. The summed E-state index contributed by atoms with van der Waals surface area (Å²) in [7, 11) is 0. The smallest absolute Gasteiger partial charge is 0.275 e. The molecule has 0 fully saturated rings. The van der Waals surface area contributed by atoms with Crippen LogP contribution in [0.25, 0.3) is 17.2 Å². The minimum absolute atomic E-state index is 0.115. The number of nitrogens with two attached hydrogens (primary N) is 1. The third kappa shape index (κ3) is 4.87. The molecule has 0 spiro atoms. The molecule has 1 amide bonds. The third-order valence-corrected chi connectivity index (χ3v) is 4.97. The quantitative estimate of drug-likeness (QED) is 0.198. The van der Waals surface area contributed by atoms with E-state index in [2.05, 4.69) is 25.1 Å². The Morgan fingerprint density at radius 3 is 2.60 bits per heavy atom. The lowest BCUT2D eigenvalue weighted by atomic mass is 9.97. The molecule has 0 aliphatic heterocycles. The number of nitriles is 1. The summed E-state index contributed by atoms with van der Waals surface area (Å²) in [5.74, 6) is 4.92. The number of ether oxygens (including phenoxy) is 1. The van der Waals surface area contributed by atoms with E-state index in [9.17, 15) is 4.79 Å². The first-order valence-electron chi connectivity index (χ1n) is 9.22. The van der Waals surface area contributed by atoms with Crippen molar-refractivity contribution in [2.24, 2.45) is 5.84 Å². The highest BCUT2D eigenvalue weighted by molar-refractivity contribution is 6.32. The summed E-state index contributed by atoms with van der Waals surface area (Å²) in [6, 6.07) is 23.2. The maximum Gasteiger partial charge on any atom is 0.275 e. The van der Waals surface area contributed by atoms with Crippen LogP contribution in [0, 0.1) is 18.3 Å². The molecule has 5 nitrogen and oxygen atoms in total. The zero-order valence-electron chi connectivity index (χ0n) is 16.4. The zero-order chi connectivity index (χ0) is 21.5. The molecule has 150 valence electrons. The topological polar surface area (TPSA) is 88.1 Å². The van der Waals surface area contributed by atoms with Crippen LogP contribution in [0.3, 0.4) is 0 Å². The molecule has 0 saturated carbocycles. The Balaban J connectivity index is 1.78. The fourth-order valence-corrected chi connectivity index (χ4v) is 3.29. The summed E-state index contributed by atoms with van der Waals surface area (Å²) in [5, 5.41) is 9.44. The van der Waals surface area contributed by atoms with Crippen molar-refractivity contribution in [2.75, 3.05) is 0 Å². The molecular weight excluding hydrogens is 398 g/mol. The SMILES string of the molecule is Cc1c(COc2ccc(/C=C(\C#N)C(=O)NN)cc2Cl)cccc1-c1ccccc1. The van der Waals surface area contributed by atoms with Gasteiger partial charge >= 0.3 is 0 Å². The predicted molar refractivity (Wildman–Crippen MR) is 118 cm³/mol. The van der Waals surface area contributed by atoms with Crippen LogP contribution < -0.4 is 16.0 Å². The van der Waals surface area contributed by atoms with Crippen molar-refractivity contribution in [2.45, 2.75) is 13.5 Å². The van der Waals surface area contributed by atoms with E-state index in [-0.39, 0.29) is 5.57 Å². The molecule has 6 heteroatoms. The highest BCUT2D eigenvalue weighted by atomic mass is 35.5. The van der Waals surface area contributed by atoms with Crippen LogP contribution in [0.5, 0.6) is 5.75 Å². The van der Waals surface area contributed by atoms with Crippen molar-refractivity contribution in [3.63, 3.8) is 0 Å². The van der Waals surface area contributed by atoms with E-state index in [1.54, 1.807) is 24.3 Å². The number of hydrazine groups is 1. The molecule has 0 radical (unpaired) electrons. The Morgan fingerprint density at radius 2 is 1.93 bits per heavy atom. The van der Waals surface area contributed by atoms with Crippen LogP contribution in [0.15, 0.2) is 72.3 Å². The number of rotatable bonds is 6. The van der Waals surface area contributed by atoms with E-state index in [1.165, 1.54) is 6.08 Å². The molecule has 0 saturated heterocycles. The molecule has 3 aromatic carbocycles. The number of hydrogen-bond acceptors (Lipinski definition) is 4. The van der Waals surface area contributed by atoms with Gasteiger partial charge < -0.3 is 4.74 Å². The second-order valence-electron chi connectivity index (χ2n) is 6.58. The lowest BCUT2D eigenvalue weighted by molar-refractivity contribution is -0.117. The predicted octanol–water partition coefficient (Wildman–Crippen LogP) is 4.79. The molecule has 0 bridgehead atoms. The summed E-state index contributed by atoms with van der Waals surface area (Å²) in [6.45, 7) is 2.43. The van der Waals surface area contributed by atoms with Crippen LogP contribution in [-0.2, 0) is 11.4 Å². The van der Waals surface area contributed by atoms with Gasteiger partial charge in [0.1, 0.15) is 24.0 Å². The Kier molecular flexibility index (Phi) is 6.87. The Labute approximate surface area is 180 Å². The third-order valence-electron chi connectivity index (χ3n) is 4.68. The van der Waals surface area contributed by atoms with Crippen LogP contribution in [0.4, 0.5) is 0 Å². The summed E-state index contributed by atoms with van der Waals surface area (Å²) in [5.41, 5.74) is 6.93. The molecule has 0 atom stereocenters. The molecular formula is C24H20ClN3O2. The van der Waals surface area contributed by atoms with Gasteiger partial charge in [-0.25, -0.2) is 5.84 Å². The highest BCUT2D eigenvalue weighted by Crippen LogP contribution is 2.29. The van der Waals surface area contributed by atoms with Gasteiger partial charge in [0.15, 0.2) is 0 Å². The lowest BCUT2D eigenvalue weighted by Crippen LogP contribution is -2.30. The van der Waals surface area contributed by atoms with E-state index >= 15 is 0 Å². The summed E-state index contributed by atoms with van der Waals surface area (Å²) < 4.78 is 5.93. The zero-order valence-corrected chi connectivity index (χ0v) is 17.1. The van der Waals surface area contributed by atoms with Gasteiger partial charge in [-0.15, -0.1) is 0 Å². The molecule has 0 unspecified atom stereocenters. The maximum absolute atomic E-state index is 11.5. The van der Waals surface area contributed by atoms with Crippen molar-refractivity contribution >= 4 is 23.6 Å². The first-order valence-corrected chi connectivity index (χ1v) is 9.60. The van der Waals surface area contributed by atoms with Gasteiger partial charge in [-0.2, -0.15) is 5.26 Å². The molecule has 3 rings (SSSR count). The standard InChI is InChI=1S/C24H20ClN3O2/c1-16-19(8-5-9-21(16)18-6-3-2-4-7-18)15-30-23-11-10-17(13-22(23)25)12-20(14-26)24(29)28-27/h2-13H,15,27H2,1H3,(H,28,29)/b20-12+. The number of carbonyl (C=O) groups excluding carboxylic acids is 1. The van der Waals surface area contributed by atoms with Crippen molar-refractivity contribution < 1.29 is 9.53 Å². The van der Waals surface area contributed by atoms with E-state index in [0.717, 1.165) is 22.3 Å². The number of halogens is 1. The summed E-state index contributed by atoms with van der Waals surface area (Å²) in [6.07, 6.45) is 1.41. The number of nitrogens with zero attached hydrogens (tertiary/aromatic N) is 1. The molecule has 30 heavy (non-hydrogen) atoms. The van der Waals surface area contributed by atoms with Gasteiger partial charge in [-0.1, -0.05) is 66.2 Å². The van der Waals surface area contributed by atoms with Gasteiger partial charge in [0.05, 0.1) is 5.02 Å². The average Bonchev–Trinajstić information content (AvgIpc) is 2.77. The number of amides is 1. The monoisotopic (exact) mass is 417 g/mol. The van der Waals surface area contributed by atoms with Crippen molar-refractivity contribution in [3.8, 4) is 22.9 Å². The Hall–Kier alpha value is -3.59. The van der Waals surface area contributed by atoms with Crippen molar-refractivity contribution in [3.05, 3.63) is 94.0 Å². The van der Waals surface area contributed by atoms with Crippen LogP contribution in [0.1, 0.15) is 16.7 Å². The number of benzene rings is 3. The summed E-state index contributed by atoms with van der Waals surface area (Å²) in [4.78, 5) is 11.5. The van der Waals surface area contributed by atoms with Crippen molar-refractivity contribution in [1.29, 1.82) is 5.26 Å². The molecule has 0 aliphatic rings. The fraction of sp³-hybridized carbons (Fsp3) is 0.0833. The van der Waals surface area contributed by atoms with E-state index in [4.69, 9.17) is 27.4 Å².